The Hall–Kier alpha value is -1.59. The van der Waals surface area contributed by atoms with Crippen LogP contribution in [-0.4, -0.2) is 34.6 Å². The summed E-state index contributed by atoms with van der Waals surface area (Å²) in [6.07, 6.45) is 6.61. The van der Waals surface area contributed by atoms with Crippen LogP contribution in [0.25, 0.3) is 0 Å². The molecule has 1 aromatic heterocycles. The maximum absolute atomic E-state index is 5.37. The number of aromatic nitrogens is 3. The zero-order valence-electron chi connectivity index (χ0n) is 12.6. The van der Waals surface area contributed by atoms with Crippen LogP contribution < -0.4 is 15.4 Å². The second-order valence-electron chi connectivity index (χ2n) is 5.28. The molecule has 1 heterocycles. The van der Waals surface area contributed by atoms with Crippen LogP contribution in [0.4, 0.5) is 11.9 Å². The van der Waals surface area contributed by atoms with Crippen LogP contribution >= 0.6 is 0 Å². The van der Waals surface area contributed by atoms with Gasteiger partial charge in [0, 0.05) is 13.1 Å². The number of hydrogen-bond donors (Lipinski definition) is 2. The first-order valence-electron chi connectivity index (χ1n) is 7.56. The summed E-state index contributed by atoms with van der Waals surface area (Å²) in [5.41, 5.74) is 0. The SMILES string of the molecule is CCOc1nc(NC)nc(NC(C)C2CCCCC2)n1. The van der Waals surface area contributed by atoms with Gasteiger partial charge in [0.05, 0.1) is 6.61 Å². The van der Waals surface area contributed by atoms with Crippen molar-refractivity contribution in [3.63, 3.8) is 0 Å². The Morgan fingerprint density at radius 2 is 1.85 bits per heavy atom. The highest BCUT2D eigenvalue weighted by Crippen LogP contribution is 2.27. The lowest BCUT2D eigenvalue weighted by Crippen LogP contribution is -2.28. The molecule has 0 aromatic carbocycles. The van der Waals surface area contributed by atoms with Crippen LogP contribution in [-0.2, 0) is 0 Å². The van der Waals surface area contributed by atoms with Crippen LogP contribution in [0.5, 0.6) is 6.01 Å². The summed E-state index contributed by atoms with van der Waals surface area (Å²) >= 11 is 0. The summed E-state index contributed by atoms with van der Waals surface area (Å²) in [5.74, 6) is 1.82. The third-order valence-electron chi connectivity index (χ3n) is 3.83. The number of nitrogens with zero attached hydrogens (tertiary/aromatic N) is 3. The Morgan fingerprint density at radius 3 is 2.50 bits per heavy atom. The maximum atomic E-state index is 5.37. The van der Waals surface area contributed by atoms with Crippen LogP contribution in [0.1, 0.15) is 46.0 Å². The molecule has 1 aromatic rings. The predicted octanol–water partition coefficient (Wildman–Crippen LogP) is 2.69. The van der Waals surface area contributed by atoms with Gasteiger partial charge in [0.25, 0.3) is 0 Å². The van der Waals surface area contributed by atoms with Crippen LogP contribution in [0, 0.1) is 5.92 Å². The molecule has 0 aliphatic heterocycles. The van der Waals surface area contributed by atoms with E-state index in [4.69, 9.17) is 4.74 Å². The van der Waals surface area contributed by atoms with Crippen LogP contribution in [0.3, 0.4) is 0 Å². The molecule has 1 atom stereocenters. The molecule has 1 saturated carbocycles. The average molecular weight is 279 g/mol. The van der Waals surface area contributed by atoms with Gasteiger partial charge < -0.3 is 15.4 Å². The first-order chi connectivity index (χ1) is 9.72. The Morgan fingerprint density at radius 1 is 1.15 bits per heavy atom. The van der Waals surface area contributed by atoms with Crippen molar-refractivity contribution in [1.82, 2.24) is 15.0 Å². The summed E-state index contributed by atoms with van der Waals surface area (Å²) in [6.45, 7) is 4.67. The molecule has 1 aliphatic carbocycles. The Bertz CT molecular complexity index is 420. The molecule has 0 radical (unpaired) electrons. The van der Waals surface area contributed by atoms with Gasteiger partial charge in [-0.3, -0.25) is 0 Å². The van der Waals surface area contributed by atoms with E-state index in [9.17, 15) is 0 Å². The summed E-state index contributed by atoms with van der Waals surface area (Å²) in [4.78, 5) is 12.8. The molecular weight excluding hydrogens is 254 g/mol. The van der Waals surface area contributed by atoms with E-state index in [1.54, 1.807) is 7.05 Å². The van der Waals surface area contributed by atoms with Gasteiger partial charge in [-0.1, -0.05) is 19.3 Å². The number of ether oxygens (including phenoxy) is 1. The quantitative estimate of drug-likeness (QED) is 0.834. The van der Waals surface area contributed by atoms with Gasteiger partial charge in [0.1, 0.15) is 0 Å². The first kappa shape index (κ1) is 14.8. The predicted molar refractivity (Wildman–Crippen MR) is 80.2 cm³/mol. The van der Waals surface area contributed by atoms with E-state index in [0.29, 0.717) is 36.5 Å². The van der Waals surface area contributed by atoms with Gasteiger partial charge in [-0.05, 0) is 32.6 Å². The van der Waals surface area contributed by atoms with Crippen LogP contribution in [0.2, 0.25) is 0 Å². The van der Waals surface area contributed by atoms with Crippen molar-refractivity contribution >= 4 is 11.9 Å². The number of nitrogens with one attached hydrogen (secondary N) is 2. The molecule has 1 fully saturated rings. The lowest BCUT2D eigenvalue weighted by Gasteiger charge is -2.28. The zero-order valence-corrected chi connectivity index (χ0v) is 12.6. The summed E-state index contributed by atoms with van der Waals surface area (Å²) in [6, 6.07) is 0.738. The molecule has 0 bridgehead atoms. The van der Waals surface area contributed by atoms with Crippen molar-refractivity contribution in [2.45, 2.75) is 52.0 Å². The standard InChI is InChI=1S/C14H25N5O/c1-4-20-14-18-12(15-3)17-13(19-14)16-10(2)11-8-6-5-7-9-11/h10-11H,4-9H2,1-3H3,(H2,15,16,17,18,19). The number of rotatable bonds is 6. The fourth-order valence-corrected chi connectivity index (χ4v) is 2.68. The van der Waals surface area contributed by atoms with Gasteiger partial charge in [-0.2, -0.15) is 15.0 Å². The van der Waals surface area contributed by atoms with Gasteiger partial charge in [0.15, 0.2) is 0 Å². The monoisotopic (exact) mass is 279 g/mol. The second-order valence-corrected chi connectivity index (χ2v) is 5.28. The van der Waals surface area contributed by atoms with E-state index in [0.717, 1.165) is 0 Å². The number of hydrogen-bond acceptors (Lipinski definition) is 6. The lowest BCUT2D eigenvalue weighted by atomic mass is 9.85. The molecule has 1 unspecified atom stereocenters. The molecule has 0 spiro atoms. The average Bonchev–Trinajstić information content (AvgIpc) is 2.48. The minimum Gasteiger partial charge on any atom is -0.464 e. The largest absolute Gasteiger partial charge is 0.464 e. The molecular formula is C14H25N5O. The topological polar surface area (TPSA) is 72.0 Å². The zero-order chi connectivity index (χ0) is 14.4. The highest BCUT2D eigenvalue weighted by Gasteiger charge is 2.21. The molecule has 6 heteroatoms. The van der Waals surface area contributed by atoms with Crippen molar-refractivity contribution < 1.29 is 4.74 Å². The van der Waals surface area contributed by atoms with Crippen molar-refractivity contribution in [3.05, 3.63) is 0 Å². The molecule has 1 aliphatic rings. The second kappa shape index (κ2) is 7.26. The van der Waals surface area contributed by atoms with E-state index in [1.165, 1.54) is 32.1 Å². The lowest BCUT2D eigenvalue weighted by molar-refractivity contribution is 0.310. The van der Waals surface area contributed by atoms with Crippen molar-refractivity contribution in [2.75, 3.05) is 24.3 Å². The maximum Gasteiger partial charge on any atom is 0.323 e. The molecule has 0 saturated heterocycles. The molecule has 112 valence electrons. The van der Waals surface area contributed by atoms with Gasteiger partial charge in [-0.15, -0.1) is 0 Å². The molecule has 6 nitrogen and oxygen atoms in total. The van der Waals surface area contributed by atoms with Crippen molar-refractivity contribution in [1.29, 1.82) is 0 Å². The van der Waals surface area contributed by atoms with E-state index in [2.05, 4.69) is 32.5 Å². The van der Waals surface area contributed by atoms with Crippen molar-refractivity contribution in [3.8, 4) is 6.01 Å². The normalized spacial score (nSPS) is 17.6. The minimum absolute atomic E-state index is 0.366. The molecule has 2 N–H and O–H groups in total. The van der Waals surface area contributed by atoms with Crippen molar-refractivity contribution in [2.24, 2.45) is 5.92 Å². The smallest absolute Gasteiger partial charge is 0.323 e. The third kappa shape index (κ3) is 3.95. The molecule has 0 amide bonds. The van der Waals surface area contributed by atoms with Gasteiger partial charge in [0.2, 0.25) is 11.9 Å². The third-order valence-corrected chi connectivity index (χ3v) is 3.83. The van der Waals surface area contributed by atoms with E-state index in [-0.39, 0.29) is 0 Å². The summed E-state index contributed by atoms with van der Waals surface area (Å²) in [5, 5.41) is 6.34. The Labute approximate surface area is 120 Å². The Balaban J connectivity index is 2.04. The fourth-order valence-electron chi connectivity index (χ4n) is 2.68. The first-order valence-corrected chi connectivity index (χ1v) is 7.56. The van der Waals surface area contributed by atoms with E-state index >= 15 is 0 Å². The Kier molecular flexibility index (Phi) is 5.38. The number of anilines is 2. The fraction of sp³-hybridized carbons (Fsp3) is 0.786. The minimum atomic E-state index is 0.366. The van der Waals surface area contributed by atoms with Gasteiger partial charge >= 0.3 is 6.01 Å². The molecule has 2 rings (SSSR count). The van der Waals surface area contributed by atoms with Gasteiger partial charge in [-0.25, -0.2) is 0 Å². The summed E-state index contributed by atoms with van der Waals surface area (Å²) < 4.78 is 5.37. The highest BCUT2D eigenvalue weighted by atomic mass is 16.5. The highest BCUT2D eigenvalue weighted by molar-refractivity contribution is 5.36. The van der Waals surface area contributed by atoms with E-state index < -0.39 is 0 Å². The van der Waals surface area contributed by atoms with Crippen LogP contribution in [0.15, 0.2) is 0 Å². The van der Waals surface area contributed by atoms with E-state index in [1.807, 2.05) is 6.92 Å². The molecule has 20 heavy (non-hydrogen) atoms. The summed E-state index contributed by atoms with van der Waals surface area (Å²) in [7, 11) is 1.79.